The Morgan fingerprint density at radius 2 is 1.48 bits per heavy atom. The summed E-state index contributed by atoms with van der Waals surface area (Å²) in [5, 5.41) is 9.26. The molecule has 0 atom stereocenters. The molecule has 0 saturated carbocycles. The Morgan fingerprint density at radius 3 is 2.04 bits per heavy atom. The third kappa shape index (κ3) is 4.75. The van der Waals surface area contributed by atoms with Gasteiger partial charge in [0, 0.05) is 45.4 Å². The Morgan fingerprint density at radius 1 is 0.926 bits per heavy atom. The van der Waals surface area contributed by atoms with Gasteiger partial charge in [0.15, 0.2) is 0 Å². The Kier molecular flexibility index (Phi) is 7.16. The molecule has 135 valence electrons. The predicted molar refractivity (Wildman–Crippen MR) is 110 cm³/mol. The second kappa shape index (κ2) is 8.63. The Balaban J connectivity index is 0.00000261. The van der Waals surface area contributed by atoms with Gasteiger partial charge in [-0.2, -0.15) is 8.42 Å². The minimum Gasteiger partial charge on any atom is -0.396 e. The normalized spacial score (nSPS) is 11.7. The molecular weight excluding hydrogens is 444 g/mol. The fraction of sp³-hybridized carbons (Fsp3) is 0. The molecule has 0 spiro atoms. The first kappa shape index (κ1) is 22.4. The van der Waals surface area contributed by atoms with Crippen LogP contribution in [0.2, 0.25) is 15.1 Å². The zero-order valence-corrected chi connectivity index (χ0v) is 18.9. The van der Waals surface area contributed by atoms with Crippen molar-refractivity contribution < 1.29 is 13.0 Å². The van der Waals surface area contributed by atoms with E-state index in [9.17, 15) is 13.0 Å². The maximum atomic E-state index is 11.7. The van der Waals surface area contributed by atoms with Crippen LogP contribution in [0.15, 0.2) is 57.6 Å². The minimum absolute atomic E-state index is 0. The van der Waals surface area contributed by atoms with Gasteiger partial charge < -0.3 is 5.73 Å². The van der Waals surface area contributed by atoms with Crippen molar-refractivity contribution in [2.75, 3.05) is 5.73 Å². The van der Waals surface area contributed by atoms with Crippen molar-refractivity contribution in [1.82, 2.24) is 0 Å². The molecule has 0 aromatic heterocycles. The summed E-state index contributed by atoms with van der Waals surface area (Å²) in [6.07, 6.45) is 0. The van der Waals surface area contributed by atoms with Crippen molar-refractivity contribution in [1.29, 1.82) is 0 Å². The fourth-order valence-corrected chi connectivity index (χ4v) is 3.99. The molecule has 3 rings (SSSR count). The number of azo groups is 1. The smallest absolute Gasteiger partial charge is 0.295 e. The number of hydrogen-bond donors (Lipinski definition) is 2. The first-order chi connectivity index (χ1) is 12.2. The summed E-state index contributed by atoms with van der Waals surface area (Å²) in [7, 11) is -4.50. The number of hydrogen-bond acceptors (Lipinski definition) is 5. The van der Waals surface area contributed by atoms with E-state index in [0.717, 1.165) is 6.07 Å². The number of nitrogens with two attached hydrogens (primary N) is 1. The largest absolute Gasteiger partial charge is 0.396 e. The van der Waals surface area contributed by atoms with Gasteiger partial charge in [0.2, 0.25) is 0 Å². The number of benzene rings is 3. The SMILES string of the molecule is Nc1c(N=Nc2c(Cl)cc(Cl)cc2Cl)cc(S(=O)(=O)O)c2ccccc12.[Na]. The van der Waals surface area contributed by atoms with Crippen LogP contribution >= 0.6 is 34.8 Å². The fourth-order valence-electron chi connectivity index (χ4n) is 2.38. The van der Waals surface area contributed by atoms with E-state index in [1.165, 1.54) is 18.2 Å². The molecule has 3 aromatic rings. The first-order valence-corrected chi connectivity index (χ1v) is 9.61. The molecule has 3 N–H and O–H groups in total. The second-order valence-corrected chi connectivity index (χ2v) is 7.89. The van der Waals surface area contributed by atoms with Crippen LogP contribution in [0, 0.1) is 0 Å². The van der Waals surface area contributed by atoms with Gasteiger partial charge in [0.1, 0.15) is 16.3 Å². The number of halogens is 3. The van der Waals surface area contributed by atoms with Crippen LogP contribution in [0.3, 0.4) is 0 Å². The van der Waals surface area contributed by atoms with Gasteiger partial charge in [-0.15, -0.1) is 10.2 Å². The quantitative estimate of drug-likeness (QED) is 0.231. The van der Waals surface area contributed by atoms with Gasteiger partial charge in [-0.1, -0.05) is 59.1 Å². The third-order valence-corrected chi connectivity index (χ3v) is 5.23. The Hall–Kier alpha value is -0.900. The molecule has 0 aliphatic rings. The summed E-state index contributed by atoms with van der Waals surface area (Å²) in [6.45, 7) is 0. The average molecular weight is 454 g/mol. The summed E-state index contributed by atoms with van der Waals surface area (Å²) in [4.78, 5) is -0.329. The van der Waals surface area contributed by atoms with Crippen LogP contribution in [0.5, 0.6) is 0 Å². The standard InChI is InChI=1S/C16H10Cl3N3O3S.Na/c17-8-5-11(18)16(12(19)6-8)22-21-13-7-14(26(23,24)25)9-3-1-2-4-10(9)15(13)20;/h1-7H,20H2,(H,23,24,25);. The average Bonchev–Trinajstić information content (AvgIpc) is 2.54. The molecular formula is C16H10Cl3N3NaO3S. The van der Waals surface area contributed by atoms with Crippen molar-refractivity contribution >= 4 is 102 Å². The van der Waals surface area contributed by atoms with Crippen LogP contribution in [0.25, 0.3) is 10.8 Å². The van der Waals surface area contributed by atoms with Gasteiger partial charge in [0.25, 0.3) is 10.1 Å². The molecule has 0 aliphatic heterocycles. The number of rotatable bonds is 3. The summed E-state index contributed by atoms with van der Waals surface area (Å²) >= 11 is 17.9. The van der Waals surface area contributed by atoms with Crippen LogP contribution in [0.4, 0.5) is 17.1 Å². The predicted octanol–water partition coefficient (Wildman–Crippen LogP) is 5.66. The molecule has 0 aliphatic carbocycles. The molecule has 0 unspecified atom stereocenters. The third-order valence-electron chi connectivity index (χ3n) is 3.54. The summed E-state index contributed by atoms with van der Waals surface area (Å²) < 4.78 is 32.9. The van der Waals surface area contributed by atoms with Crippen molar-refractivity contribution in [3.63, 3.8) is 0 Å². The van der Waals surface area contributed by atoms with Crippen LogP contribution in [-0.2, 0) is 10.1 Å². The molecule has 0 heterocycles. The summed E-state index contributed by atoms with van der Waals surface area (Å²) in [5.41, 5.74) is 6.46. The van der Waals surface area contributed by atoms with E-state index in [2.05, 4.69) is 10.2 Å². The van der Waals surface area contributed by atoms with Gasteiger partial charge in [-0.05, 0) is 18.2 Å². The first-order valence-electron chi connectivity index (χ1n) is 7.03. The number of anilines is 1. The molecule has 0 saturated heterocycles. The zero-order chi connectivity index (χ0) is 19.1. The zero-order valence-electron chi connectivity index (χ0n) is 13.8. The number of nitrogen functional groups attached to an aromatic ring is 1. The molecule has 11 heteroatoms. The van der Waals surface area contributed by atoms with E-state index in [1.54, 1.807) is 18.2 Å². The van der Waals surface area contributed by atoms with E-state index in [1.807, 2.05) is 0 Å². The van der Waals surface area contributed by atoms with Crippen molar-refractivity contribution in [3.8, 4) is 0 Å². The maximum absolute atomic E-state index is 11.7. The van der Waals surface area contributed by atoms with E-state index in [0.29, 0.717) is 10.4 Å². The van der Waals surface area contributed by atoms with Crippen molar-refractivity contribution in [2.45, 2.75) is 4.90 Å². The van der Waals surface area contributed by atoms with E-state index in [4.69, 9.17) is 40.5 Å². The van der Waals surface area contributed by atoms with Gasteiger partial charge >= 0.3 is 0 Å². The maximum Gasteiger partial charge on any atom is 0.295 e. The van der Waals surface area contributed by atoms with Crippen molar-refractivity contribution in [2.24, 2.45) is 10.2 Å². The molecule has 0 bridgehead atoms. The van der Waals surface area contributed by atoms with Gasteiger partial charge in [0.05, 0.1) is 15.7 Å². The molecule has 6 nitrogen and oxygen atoms in total. The van der Waals surface area contributed by atoms with Crippen LogP contribution in [-0.4, -0.2) is 42.5 Å². The Labute approximate surface area is 192 Å². The topological polar surface area (TPSA) is 105 Å². The van der Waals surface area contributed by atoms with Gasteiger partial charge in [-0.25, -0.2) is 0 Å². The number of nitrogens with zero attached hydrogens (tertiary/aromatic N) is 2. The molecule has 1 radical (unpaired) electrons. The molecule has 0 fully saturated rings. The number of fused-ring (bicyclic) bond motifs is 1. The van der Waals surface area contributed by atoms with E-state index < -0.39 is 10.1 Å². The molecule has 3 aromatic carbocycles. The van der Waals surface area contributed by atoms with E-state index in [-0.39, 0.29) is 66.9 Å². The molecule has 27 heavy (non-hydrogen) atoms. The summed E-state index contributed by atoms with van der Waals surface area (Å²) in [6, 6.07) is 10.5. The van der Waals surface area contributed by atoms with Gasteiger partial charge in [-0.3, -0.25) is 4.55 Å². The van der Waals surface area contributed by atoms with Crippen molar-refractivity contribution in [3.05, 3.63) is 57.5 Å². The second-order valence-electron chi connectivity index (χ2n) is 5.25. The summed E-state index contributed by atoms with van der Waals surface area (Å²) in [5.74, 6) is 0. The van der Waals surface area contributed by atoms with Crippen LogP contribution in [0.1, 0.15) is 0 Å². The van der Waals surface area contributed by atoms with E-state index >= 15 is 0 Å². The Bertz CT molecular complexity index is 1150. The molecule has 0 amide bonds. The minimum atomic E-state index is -4.50. The monoisotopic (exact) mass is 452 g/mol. The van der Waals surface area contributed by atoms with Crippen LogP contribution < -0.4 is 5.73 Å².